The Hall–Kier alpha value is -0.380. The van der Waals surface area contributed by atoms with Crippen LogP contribution in [0.5, 0.6) is 0 Å². The fourth-order valence-electron chi connectivity index (χ4n) is 0.506. The number of ether oxygens (including phenoxy) is 1. The van der Waals surface area contributed by atoms with Gasteiger partial charge in [0.2, 0.25) is 0 Å². The lowest BCUT2D eigenvalue weighted by molar-refractivity contribution is -0.146. The fraction of sp³-hybridized carbons (Fsp3) is 0.750. The van der Waals surface area contributed by atoms with Crippen molar-refractivity contribution >= 4 is 27.7 Å². The SMILES string of the molecule is CC(=O)CC(=O)OCC(C)(C)Br. The van der Waals surface area contributed by atoms with Crippen LogP contribution in [-0.2, 0) is 14.3 Å². The van der Waals surface area contributed by atoms with Crippen molar-refractivity contribution in [1.29, 1.82) is 0 Å². The van der Waals surface area contributed by atoms with Crippen LogP contribution < -0.4 is 0 Å². The van der Waals surface area contributed by atoms with E-state index < -0.39 is 5.97 Å². The van der Waals surface area contributed by atoms with Crippen LogP contribution in [0.15, 0.2) is 0 Å². The maximum atomic E-state index is 10.8. The predicted octanol–water partition coefficient (Wildman–Crippen LogP) is 1.68. The molecule has 0 heterocycles. The Labute approximate surface area is 80.6 Å². The third kappa shape index (κ3) is 7.72. The molecule has 0 N–H and O–H groups in total. The minimum absolute atomic E-state index is 0.136. The Morgan fingerprint density at radius 3 is 2.25 bits per heavy atom. The molecule has 0 aromatic rings. The third-order valence-corrected chi connectivity index (χ3v) is 1.20. The average molecular weight is 237 g/mol. The molecule has 0 aromatic carbocycles. The summed E-state index contributed by atoms with van der Waals surface area (Å²) in [6.45, 7) is 5.40. The fourth-order valence-corrected chi connectivity index (χ4v) is 0.621. The van der Waals surface area contributed by atoms with Gasteiger partial charge in [0.15, 0.2) is 0 Å². The molecule has 0 saturated heterocycles. The van der Waals surface area contributed by atoms with E-state index >= 15 is 0 Å². The highest BCUT2D eigenvalue weighted by molar-refractivity contribution is 9.10. The number of hydrogen-bond acceptors (Lipinski definition) is 3. The summed E-state index contributed by atoms with van der Waals surface area (Å²) in [6.07, 6.45) is -0.136. The van der Waals surface area contributed by atoms with Crippen molar-refractivity contribution in [3.8, 4) is 0 Å². The van der Waals surface area contributed by atoms with E-state index in [2.05, 4.69) is 15.9 Å². The van der Waals surface area contributed by atoms with Crippen LogP contribution in [0.25, 0.3) is 0 Å². The van der Waals surface area contributed by atoms with Gasteiger partial charge in [-0.25, -0.2) is 0 Å². The van der Waals surface area contributed by atoms with E-state index in [1.807, 2.05) is 13.8 Å². The number of ketones is 1. The lowest BCUT2D eigenvalue weighted by atomic mass is 10.2. The summed E-state index contributed by atoms with van der Waals surface area (Å²) in [6, 6.07) is 0. The van der Waals surface area contributed by atoms with Crippen molar-refractivity contribution < 1.29 is 14.3 Å². The minimum atomic E-state index is -0.463. The van der Waals surface area contributed by atoms with Gasteiger partial charge in [0, 0.05) is 0 Å². The molecule has 0 bridgehead atoms. The molecule has 0 atom stereocenters. The second-order valence-corrected chi connectivity index (χ2v) is 5.40. The van der Waals surface area contributed by atoms with Gasteiger partial charge in [-0.2, -0.15) is 0 Å². The minimum Gasteiger partial charge on any atom is -0.464 e. The summed E-state index contributed by atoms with van der Waals surface area (Å²) in [5.41, 5.74) is 0. The summed E-state index contributed by atoms with van der Waals surface area (Å²) in [7, 11) is 0. The zero-order valence-corrected chi connectivity index (χ0v) is 9.10. The molecular formula is C8H13BrO3. The Bertz CT molecular complexity index is 181. The number of carbonyl (C=O) groups is 2. The second-order valence-electron chi connectivity index (χ2n) is 3.26. The molecule has 0 aliphatic rings. The number of Topliss-reactive ketones (excluding diaryl/α,β-unsaturated/α-hetero) is 1. The van der Waals surface area contributed by atoms with Gasteiger partial charge in [-0.3, -0.25) is 9.59 Å². The quantitative estimate of drug-likeness (QED) is 0.424. The van der Waals surface area contributed by atoms with Crippen LogP contribution in [0.2, 0.25) is 0 Å². The first kappa shape index (κ1) is 11.6. The summed E-state index contributed by atoms with van der Waals surface area (Å²) in [5.74, 6) is -0.637. The molecule has 0 aliphatic heterocycles. The lowest BCUT2D eigenvalue weighted by Crippen LogP contribution is -2.22. The molecule has 0 aromatic heterocycles. The van der Waals surface area contributed by atoms with Crippen LogP contribution in [0, 0.1) is 0 Å². The van der Waals surface area contributed by atoms with E-state index in [4.69, 9.17) is 4.74 Å². The first-order valence-corrected chi connectivity index (χ1v) is 4.44. The highest BCUT2D eigenvalue weighted by Crippen LogP contribution is 2.15. The maximum Gasteiger partial charge on any atom is 0.313 e. The molecule has 12 heavy (non-hydrogen) atoms. The first-order chi connectivity index (χ1) is 5.31. The highest BCUT2D eigenvalue weighted by Gasteiger charge is 2.16. The average Bonchev–Trinajstić information content (AvgIpc) is 1.80. The van der Waals surface area contributed by atoms with Gasteiger partial charge in [0.1, 0.15) is 18.8 Å². The molecule has 0 spiro atoms. The molecule has 0 radical (unpaired) electrons. The molecular weight excluding hydrogens is 224 g/mol. The molecule has 0 fully saturated rings. The topological polar surface area (TPSA) is 43.4 Å². The molecule has 3 nitrogen and oxygen atoms in total. The van der Waals surface area contributed by atoms with Gasteiger partial charge in [-0.05, 0) is 20.8 Å². The molecule has 0 rings (SSSR count). The van der Waals surface area contributed by atoms with E-state index in [1.54, 1.807) is 0 Å². The maximum absolute atomic E-state index is 10.8. The number of esters is 1. The van der Waals surface area contributed by atoms with Crippen LogP contribution in [0.1, 0.15) is 27.2 Å². The predicted molar refractivity (Wildman–Crippen MR) is 49.3 cm³/mol. The molecule has 70 valence electrons. The number of hydrogen-bond donors (Lipinski definition) is 0. The summed E-state index contributed by atoms with van der Waals surface area (Å²) in [4.78, 5) is 21.3. The summed E-state index contributed by atoms with van der Waals surface area (Å²) >= 11 is 3.31. The van der Waals surface area contributed by atoms with Crippen molar-refractivity contribution in [1.82, 2.24) is 0 Å². The molecule has 0 unspecified atom stereocenters. The zero-order valence-electron chi connectivity index (χ0n) is 7.52. The van der Waals surface area contributed by atoms with Crippen LogP contribution in [-0.4, -0.2) is 22.7 Å². The number of halogens is 1. The van der Waals surface area contributed by atoms with Crippen LogP contribution >= 0.6 is 15.9 Å². The van der Waals surface area contributed by atoms with E-state index in [1.165, 1.54) is 6.92 Å². The Kier molecular flexibility index (Phi) is 4.45. The molecule has 0 saturated carbocycles. The van der Waals surface area contributed by atoms with Gasteiger partial charge in [0.25, 0.3) is 0 Å². The number of rotatable bonds is 4. The van der Waals surface area contributed by atoms with Crippen LogP contribution in [0.3, 0.4) is 0 Å². The summed E-state index contributed by atoms with van der Waals surface area (Å²) in [5, 5.41) is 0. The molecule has 0 aliphatic carbocycles. The summed E-state index contributed by atoms with van der Waals surface area (Å²) < 4.78 is 4.59. The Morgan fingerprint density at radius 1 is 1.42 bits per heavy atom. The van der Waals surface area contributed by atoms with Gasteiger partial charge in [0.05, 0.1) is 4.32 Å². The van der Waals surface area contributed by atoms with Gasteiger partial charge in [-0.15, -0.1) is 0 Å². The van der Waals surface area contributed by atoms with Crippen molar-refractivity contribution in [2.75, 3.05) is 6.61 Å². The standard InChI is InChI=1S/C8H13BrO3/c1-6(10)4-7(11)12-5-8(2,3)9/h4-5H2,1-3H3. The van der Waals surface area contributed by atoms with E-state index in [9.17, 15) is 9.59 Å². The highest BCUT2D eigenvalue weighted by atomic mass is 79.9. The van der Waals surface area contributed by atoms with Crippen molar-refractivity contribution in [2.45, 2.75) is 31.5 Å². The normalized spacial score (nSPS) is 11.0. The van der Waals surface area contributed by atoms with E-state index in [0.717, 1.165) is 0 Å². The van der Waals surface area contributed by atoms with Crippen LogP contribution in [0.4, 0.5) is 0 Å². The largest absolute Gasteiger partial charge is 0.464 e. The van der Waals surface area contributed by atoms with Gasteiger partial charge < -0.3 is 4.74 Å². The number of carbonyl (C=O) groups excluding carboxylic acids is 2. The number of alkyl halides is 1. The van der Waals surface area contributed by atoms with Crippen molar-refractivity contribution in [3.05, 3.63) is 0 Å². The van der Waals surface area contributed by atoms with Gasteiger partial charge in [-0.1, -0.05) is 15.9 Å². The van der Waals surface area contributed by atoms with Crippen molar-refractivity contribution in [3.63, 3.8) is 0 Å². The molecule has 4 heteroatoms. The third-order valence-electron chi connectivity index (χ3n) is 0.970. The first-order valence-electron chi connectivity index (χ1n) is 3.65. The van der Waals surface area contributed by atoms with E-state index in [0.29, 0.717) is 0 Å². The smallest absolute Gasteiger partial charge is 0.313 e. The van der Waals surface area contributed by atoms with E-state index in [-0.39, 0.29) is 23.1 Å². The monoisotopic (exact) mass is 236 g/mol. The Morgan fingerprint density at radius 2 is 1.92 bits per heavy atom. The molecule has 0 amide bonds. The van der Waals surface area contributed by atoms with Crippen molar-refractivity contribution in [2.24, 2.45) is 0 Å². The van der Waals surface area contributed by atoms with Gasteiger partial charge >= 0.3 is 5.97 Å². The zero-order chi connectivity index (χ0) is 9.78. The second kappa shape index (κ2) is 4.60. The lowest BCUT2D eigenvalue weighted by Gasteiger charge is -2.15. The Balaban J connectivity index is 3.65.